The van der Waals surface area contributed by atoms with Crippen molar-refractivity contribution in [3.05, 3.63) is 45.1 Å². The molecule has 4 rings (SSSR count). The summed E-state index contributed by atoms with van der Waals surface area (Å²) in [5, 5.41) is 4.35. The van der Waals surface area contributed by atoms with E-state index in [1.165, 1.54) is 11.3 Å². The molecule has 0 spiro atoms. The molecule has 7 nitrogen and oxygen atoms in total. The van der Waals surface area contributed by atoms with Crippen molar-refractivity contribution in [1.29, 1.82) is 0 Å². The number of benzene rings is 1. The van der Waals surface area contributed by atoms with Crippen LogP contribution in [0.3, 0.4) is 0 Å². The number of nitrogens with zero attached hydrogens (tertiary/aromatic N) is 2. The van der Waals surface area contributed by atoms with Crippen molar-refractivity contribution in [3.8, 4) is 11.5 Å². The monoisotopic (exact) mass is 419 g/mol. The maximum absolute atomic E-state index is 13.3. The Kier molecular flexibility index (Phi) is 4.76. The van der Waals surface area contributed by atoms with Crippen LogP contribution in [-0.4, -0.2) is 25.2 Å². The molecule has 1 aliphatic heterocycles. The predicted octanol–water partition coefficient (Wildman–Crippen LogP) is 3.91. The minimum Gasteiger partial charge on any atom is -0.376 e. The summed E-state index contributed by atoms with van der Waals surface area (Å²) in [6.07, 6.45) is 0.674. The van der Waals surface area contributed by atoms with E-state index in [1.807, 2.05) is 32.9 Å². The number of sulfonamides is 1. The molecular formula is C19H21N3O4S2. The topological polar surface area (TPSA) is 94.3 Å². The standard InChI is InChI=1S/C19H21N3O4S2/c1-10-7-11(2)17(12(3)8-10)28(23,24)22-19-16(18-20-13(4)21-26-18)14-5-6-25-9-15(14)27-19/h7-8,22H,5-6,9H2,1-4H3. The third-order valence-electron chi connectivity index (χ3n) is 4.66. The van der Waals surface area contributed by atoms with Crippen molar-refractivity contribution in [2.75, 3.05) is 11.3 Å². The third kappa shape index (κ3) is 3.34. The average Bonchev–Trinajstić information content (AvgIpc) is 3.15. The molecule has 0 fully saturated rings. The quantitative estimate of drug-likeness (QED) is 0.689. The van der Waals surface area contributed by atoms with E-state index in [1.54, 1.807) is 6.92 Å². The lowest BCUT2D eigenvalue weighted by Gasteiger charge is -2.14. The van der Waals surface area contributed by atoms with Crippen LogP contribution in [0.4, 0.5) is 5.00 Å². The molecule has 0 saturated carbocycles. The maximum Gasteiger partial charge on any atom is 0.263 e. The molecule has 1 aliphatic rings. The Morgan fingerprint density at radius 1 is 1.14 bits per heavy atom. The first-order valence-corrected chi connectivity index (χ1v) is 11.2. The summed E-state index contributed by atoms with van der Waals surface area (Å²) in [7, 11) is -3.78. The normalized spacial score (nSPS) is 14.1. The van der Waals surface area contributed by atoms with Gasteiger partial charge in [-0.2, -0.15) is 4.98 Å². The highest BCUT2D eigenvalue weighted by molar-refractivity contribution is 7.93. The molecule has 1 aromatic carbocycles. The van der Waals surface area contributed by atoms with E-state index in [0.717, 1.165) is 16.0 Å². The van der Waals surface area contributed by atoms with Crippen LogP contribution in [0, 0.1) is 27.7 Å². The Labute approximate surface area is 167 Å². The fourth-order valence-corrected chi connectivity index (χ4v) is 6.63. The van der Waals surface area contributed by atoms with Crippen molar-refractivity contribution in [1.82, 2.24) is 10.1 Å². The summed E-state index contributed by atoms with van der Waals surface area (Å²) in [5.74, 6) is 0.827. The lowest BCUT2D eigenvalue weighted by atomic mass is 10.1. The molecule has 0 radical (unpaired) electrons. The Bertz CT molecular complexity index is 1140. The fraction of sp³-hybridized carbons (Fsp3) is 0.368. The molecule has 3 heterocycles. The minimum absolute atomic E-state index is 0.299. The van der Waals surface area contributed by atoms with Crippen LogP contribution in [0.15, 0.2) is 21.6 Å². The van der Waals surface area contributed by atoms with Crippen molar-refractivity contribution in [2.24, 2.45) is 0 Å². The van der Waals surface area contributed by atoms with Crippen LogP contribution in [0.5, 0.6) is 0 Å². The van der Waals surface area contributed by atoms with Gasteiger partial charge in [-0.3, -0.25) is 4.72 Å². The number of nitrogens with one attached hydrogen (secondary N) is 1. The van der Waals surface area contributed by atoms with Gasteiger partial charge in [-0.1, -0.05) is 22.9 Å². The molecular weight excluding hydrogens is 398 g/mol. The van der Waals surface area contributed by atoms with Crippen LogP contribution in [-0.2, 0) is 27.8 Å². The fourth-order valence-electron chi connectivity index (χ4n) is 3.69. The number of thiophene rings is 1. The van der Waals surface area contributed by atoms with E-state index in [2.05, 4.69) is 14.9 Å². The number of rotatable bonds is 4. The Balaban J connectivity index is 1.83. The van der Waals surface area contributed by atoms with Gasteiger partial charge in [0.2, 0.25) is 0 Å². The van der Waals surface area contributed by atoms with Crippen LogP contribution >= 0.6 is 11.3 Å². The summed E-state index contributed by atoms with van der Waals surface area (Å²) < 4.78 is 40.2. The summed E-state index contributed by atoms with van der Waals surface area (Å²) in [6, 6.07) is 3.74. The van der Waals surface area contributed by atoms with Gasteiger partial charge in [0.1, 0.15) is 5.00 Å². The van der Waals surface area contributed by atoms with Gasteiger partial charge in [-0.25, -0.2) is 8.42 Å². The van der Waals surface area contributed by atoms with Gasteiger partial charge in [0.25, 0.3) is 15.9 Å². The number of hydrogen-bond acceptors (Lipinski definition) is 7. The zero-order chi connectivity index (χ0) is 20.1. The van der Waals surface area contributed by atoms with Gasteiger partial charge < -0.3 is 9.26 Å². The lowest BCUT2D eigenvalue weighted by Crippen LogP contribution is -2.16. The molecule has 0 unspecified atom stereocenters. The van der Waals surface area contributed by atoms with Gasteiger partial charge in [0.15, 0.2) is 5.82 Å². The number of aryl methyl sites for hydroxylation is 4. The largest absolute Gasteiger partial charge is 0.376 e. The van der Waals surface area contributed by atoms with E-state index in [0.29, 0.717) is 57.9 Å². The number of anilines is 1. The van der Waals surface area contributed by atoms with Gasteiger partial charge in [0, 0.05) is 4.88 Å². The van der Waals surface area contributed by atoms with Crippen molar-refractivity contribution in [3.63, 3.8) is 0 Å². The molecule has 2 aromatic heterocycles. The highest BCUT2D eigenvalue weighted by Gasteiger charge is 2.29. The van der Waals surface area contributed by atoms with Gasteiger partial charge in [-0.15, -0.1) is 11.3 Å². The minimum atomic E-state index is -3.78. The molecule has 1 N–H and O–H groups in total. The zero-order valence-corrected chi connectivity index (χ0v) is 17.8. The van der Waals surface area contributed by atoms with Crippen molar-refractivity contribution < 1.29 is 17.7 Å². The van der Waals surface area contributed by atoms with Crippen molar-refractivity contribution in [2.45, 2.75) is 45.6 Å². The molecule has 28 heavy (non-hydrogen) atoms. The molecule has 0 saturated heterocycles. The predicted molar refractivity (Wildman–Crippen MR) is 107 cm³/mol. The smallest absolute Gasteiger partial charge is 0.263 e. The molecule has 0 amide bonds. The summed E-state index contributed by atoms with van der Waals surface area (Å²) in [4.78, 5) is 5.60. The van der Waals surface area contributed by atoms with Crippen molar-refractivity contribution >= 4 is 26.4 Å². The summed E-state index contributed by atoms with van der Waals surface area (Å²) >= 11 is 1.36. The Hall–Kier alpha value is -2.23. The first-order chi connectivity index (χ1) is 13.3. The van der Waals surface area contributed by atoms with Gasteiger partial charge >= 0.3 is 0 Å². The van der Waals surface area contributed by atoms with Gasteiger partial charge in [-0.05, 0) is 50.8 Å². The third-order valence-corrected chi connectivity index (χ3v) is 7.57. The first-order valence-electron chi connectivity index (χ1n) is 8.90. The summed E-state index contributed by atoms with van der Waals surface area (Å²) in [5.41, 5.74) is 4.12. The van der Waals surface area contributed by atoms with Crippen LogP contribution < -0.4 is 4.72 Å². The number of aromatic nitrogens is 2. The van der Waals surface area contributed by atoms with Gasteiger partial charge in [0.05, 0.1) is 23.7 Å². The van der Waals surface area contributed by atoms with Crippen LogP contribution in [0.1, 0.15) is 33.0 Å². The maximum atomic E-state index is 13.3. The molecule has 148 valence electrons. The second-order valence-corrected chi connectivity index (χ2v) is 9.72. The highest BCUT2D eigenvalue weighted by atomic mass is 32.2. The Morgan fingerprint density at radius 2 is 1.86 bits per heavy atom. The van der Waals surface area contributed by atoms with Crippen LogP contribution in [0.2, 0.25) is 0 Å². The van der Waals surface area contributed by atoms with E-state index in [4.69, 9.17) is 9.26 Å². The molecule has 0 aliphatic carbocycles. The second kappa shape index (κ2) is 6.98. The molecule has 9 heteroatoms. The number of hydrogen-bond donors (Lipinski definition) is 1. The second-order valence-electron chi connectivity index (χ2n) is 6.99. The first kappa shape index (κ1) is 19.1. The van der Waals surface area contributed by atoms with E-state index >= 15 is 0 Å². The lowest BCUT2D eigenvalue weighted by molar-refractivity contribution is 0.113. The zero-order valence-electron chi connectivity index (χ0n) is 16.1. The highest BCUT2D eigenvalue weighted by Crippen LogP contribution is 2.43. The Morgan fingerprint density at radius 3 is 2.50 bits per heavy atom. The van der Waals surface area contributed by atoms with E-state index in [9.17, 15) is 8.42 Å². The average molecular weight is 420 g/mol. The molecule has 0 bridgehead atoms. The number of ether oxygens (including phenoxy) is 1. The van der Waals surface area contributed by atoms with E-state index in [-0.39, 0.29) is 0 Å². The van der Waals surface area contributed by atoms with Crippen LogP contribution in [0.25, 0.3) is 11.5 Å². The SMILES string of the molecule is Cc1cc(C)c(S(=O)(=O)Nc2sc3c(c2-c2nc(C)no2)CCOC3)c(C)c1. The summed E-state index contributed by atoms with van der Waals surface area (Å²) in [6.45, 7) is 8.33. The number of fused-ring (bicyclic) bond motifs is 1. The van der Waals surface area contributed by atoms with E-state index < -0.39 is 10.0 Å². The molecule has 3 aromatic rings. The molecule has 0 atom stereocenters.